The molecule has 0 atom stereocenters. The van der Waals surface area contributed by atoms with Gasteiger partial charge < -0.3 is 24.0 Å². The molecule has 1 aromatic heterocycles. The number of fused-ring (bicyclic) bond motifs is 3. The molecule has 2 aromatic rings. The molecule has 1 aromatic carbocycles. The fraction of sp³-hybridized carbons (Fsp3) is 0.385. The Morgan fingerprint density at radius 3 is 2.94 bits per heavy atom. The predicted molar refractivity (Wildman–Crippen MR) is 68.5 cm³/mol. The maximum absolute atomic E-state index is 9.09. The van der Waals surface area contributed by atoms with Crippen LogP contribution in [0.2, 0.25) is 0 Å². The van der Waals surface area contributed by atoms with E-state index in [0.29, 0.717) is 5.56 Å². The Balaban J connectivity index is 0.00000120. The summed E-state index contributed by atoms with van der Waals surface area (Å²) in [6.45, 7) is 4.23. The number of nitriles is 1. The lowest BCUT2D eigenvalue weighted by Crippen LogP contribution is -3.00. The fourth-order valence-electron chi connectivity index (χ4n) is 2.76. The van der Waals surface area contributed by atoms with Crippen LogP contribution in [-0.4, -0.2) is 4.57 Å². The number of benzene rings is 1. The monoisotopic (exact) mass is 417 g/mol. The van der Waals surface area contributed by atoms with Crippen LogP contribution in [0.5, 0.6) is 0 Å². The first-order valence-corrected chi connectivity index (χ1v) is 6.70. The number of aryl methyl sites for hydroxylation is 2. The van der Waals surface area contributed by atoms with Crippen LogP contribution in [0, 0.1) is 11.3 Å². The van der Waals surface area contributed by atoms with Gasteiger partial charge in [0, 0.05) is 16.6 Å². The minimum Gasteiger partial charge on any atom is -1.00 e. The summed E-state index contributed by atoms with van der Waals surface area (Å²) in [7, 11) is 0. The zero-order valence-electron chi connectivity index (χ0n) is 10.1. The van der Waals surface area contributed by atoms with Crippen LogP contribution >= 0.6 is 15.9 Å². The van der Waals surface area contributed by atoms with Crippen molar-refractivity contribution < 1.29 is 28.5 Å². The summed E-state index contributed by atoms with van der Waals surface area (Å²) in [5.41, 5.74) is 3.14. The van der Waals surface area contributed by atoms with Crippen molar-refractivity contribution >= 4 is 27.0 Å². The molecule has 0 amide bonds. The summed E-state index contributed by atoms with van der Waals surface area (Å²) in [5.74, 6) is 1.39. The molecule has 0 fully saturated rings. The number of hydrogen-bond acceptors (Lipinski definition) is 1. The molecule has 3 rings (SSSR count). The van der Waals surface area contributed by atoms with E-state index < -0.39 is 0 Å². The highest BCUT2D eigenvalue weighted by molar-refractivity contribution is 9.10. The molecule has 18 heavy (non-hydrogen) atoms. The third-order valence-corrected chi connectivity index (χ3v) is 4.14. The highest BCUT2D eigenvalue weighted by atomic mass is 127. The first kappa shape index (κ1) is 13.8. The van der Waals surface area contributed by atoms with Crippen molar-refractivity contribution in [3.8, 4) is 6.07 Å². The van der Waals surface area contributed by atoms with Crippen LogP contribution in [0.1, 0.15) is 24.7 Å². The average Bonchev–Trinajstić information content (AvgIpc) is 2.88. The maximum atomic E-state index is 9.09. The number of imidazole rings is 1. The molecular weight excluding hydrogens is 405 g/mol. The van der Waals surface area contributed by atoms with Gasteiger partial charge in [0.15, 0.2) is 11.0 Å². The summed E-state index contributed by atoms with van der Waals surface area (Å²) in [5, 5.41) is 9.09. The number of aromatic nitrogens is 2. The Labute approximate surface area is 132 Å². The SMILES string of the molecule is CCn1c2[n+](c3cc(C#N)c(Br)cc31)CCC2.[I-]. The highest BCUT2D eigenvalue weighted by Crippen LogP contribution is 2.26. The Morgan fingerprint density at radius 2 is 2.28 bits per heavy atom. The largest absolute Gasteiger partial charge is 1.00 e. The predicted octanol–water partition coefficient (Wildman–Crippen LogP) is -0.467. The van der Waals surface area contributed by atoms with Gasteiger partial charge in [0.1, 0.15) is 6.07 Å². The lowest BCUT2D eigenvalue weighted by Gasteiger charge is -1.97. The molecule has 0 saturated carbocycles. The molecule has 0 bridgehead atoms. The van der Waals surface area contributed by atoms with Crippen LogP contribution in [0.4, 0.5) is 0 Å². The standard InChI is InChI=1S/C13H13BrN3.HI/c1-2-16-12-7-10(14)9(8-15)6-11(12)17-5-3-4-13(16)17;/h6-7H,2-5H2,1H3;1H/q+1;/p-1. The molecule has 2 heterocycles. The molecule has 0 N–H and O–H groups in total. The van der Waals surface area contributed by atoms with E-state index in [9.17, 15) is 0 Å². The Bertz CT molecular complexity index is 655. The first-order chi connectivity index (χ1) is 8.26. The molecule has 0 radical (unpaired) electrons. The third kappa shape index (κ3) is 1.86. The van der Waals surface area contributed by atoms with E-state index in [4.69, 9.17) is 5.26 Å². The molecule has 0 spiro atoms. The lowest BCUT2D eigenvalue weighted by atomic mass is 10.2. The fourth-order valence-corrected chi connectivity index (χ4v) is 3.18. The maximum Gasteiger partial charge on any atom is 0.257 e. The molecule has 1 aliphatic rings. The van der Waals surface area contributed by atoms with E-state index in [1.165, 1.54) is 23.3 Å². The summed E-state index contributed by atoms with van der Waals surface area (Å²) >= 11 is 3.47. The second-order valence-corrected chi connectivity index (χ2v) is 5.20. The van der Waals surface area contributed by atoms with Gasteiger partial charge in [-0.05, 0) is 29.3 Å². The van der Waals surface area contributed by atoms with Crippen molar-refractivity contribution in [2.75, 3.05) is 0 Å². The van der Waals surface area contributed by atoms with Gasteiger partial charge in [-0.25, -0.2) is 9.13 Å². The second-order valence-electron chi connectivity index (χ2n) is 4.35. The minimum absolute atomic E-state index is 0. The topological polar surface area (TPSA) is 32.6 Å². The molecular formula is C13H13BrIN3. The van der Waals surface area contributed by atoms with Gasteiger partial charge in [-0.1, -0.05) is 0 Å². The van der Waals surface area contributed by atoms with E-state index in [2.05, 4.69) is 44.1 Å². The van der Waals surface area contributed by atoms with Crippen LogP contribution in [0.15, 0.2) is 16.6 Å². The summed E-state index contributed by atoms with van der Waals surface area (Å²) in [6, 6.07) is 6.31. The van der Waals surface area contributed by atoms with Crippen LogP contribution < -0.4 is 28.5 Å². The normalized spacial score (nSPS) is 13.2. The van der Waals surface area contributed by atoms with Gasteiger partial charge in [0.05, 0.1) is 25.1 Å². The summed E-state index contributed by atoms with van der Waals surface area (Å²) in [4.78, 5) is 0. The Hall–Kier alpha value is -0.610. The number of halogens is 2. The second kappa shape index (κ2) is 5.17. The van der Waals surface area contributed by atoms with E-state index in [1.807, 2.05) is 6.07 Å². The van der Waals surface area contributed by atoms with Crippen LogP contribution in [0.25, 0.3) is 11.0 Å². The van der Waals surface area contributed by atoms with Gasteiger partial charge in [-0.15, -0.1) is 0 Å². The smallest absolute Gasteiger partial charge is 0.257 e. The van der Waals surface area contributed by atoms with E-state index in [1.54, 1.807) is 0 Å². The molecule has 3 nitrogen and oxygen atoms in total. The molecule has 0 aliphatic carbocycles. The number of hydrogen-bond donors (Lipinski definition) is 0. The zero-order chi connectivity index (χ0) is 12.0. The zero-order valence-corrected chi connectivity index (χ0v) is 13.8. The Kier molecular flexibility index (Phi) is 3.97. The van der Waals surface area contributed by atoms with Crippen molar-refractivity contribution in [3.05, 3.63) is 28.0 Å². The van der Waals surface area contributed by atoms with Gasteiger partial charge in [0.2, 0.25) is 0 Å². The van der Waals surface area contributed by atoms with Crippen molar-refractivity contribution in [2.45, 2.75) is 32.9 Å². The number of nitrogens with zero attached hydrogens (tertiary/aromatic N) is 3. The Morgan fingerprint density at radius 1 is 1.50 bits per heavy atom. The number of rotatable bonds is 1. The molecule has 94 valence electrons. The van der Waals surface area contributed by atoms with Gasteiger partial charge >= 0.3 is 0 Å². The third-order valence-electron chi connectivity index (χ3n) is 3.49. The minimum atomic E-state index is 0. The van der Waals surface area contributed by atoms with Gasteiger partial charge in [-0.3, -0.25) is 0 Å². The van der Waals surface area contributed by atoms with Crippen LogP contribution in [-0.2, 0) is 19.5 Å². The van der Waals surface area contributed by atoms with Crippen molar-refractivity contribution in [1.82, 2.24) is 4.57 Å². The molecule has 5 heteroatoms. The molecule has 0 unspecified atom stereocenters. The van der Waals surface area contributed by atoms with Crippen molar-refractivity contribution in [3.63, 3.8) is 0 Å². The molecule has 1 aliphatic heterocycles. The van der Waals surface area contributed by atoms with Gasteiger partial charge in [-0.2, -0.15) is 5.26 Å². The lowest BCUT2D eigenvalue weighted by molar-refractivity contribution is -0.665. The summed E-state index contributed by atoms with van der Waals surface area (Å²) in [6.07, 6.45) is 2.35. The van der Waals surface area contributed by atoms with E-state index in [0.717, 1.165) is 24.0 Å². The summed E-state index contributed by atoms with van der Waals surface area (Å²) < 4.78 is 5.60. The first-order valence-electron chi connectivity index (χ1n) is 5.90. The van der Waals surface area contributed by atoms with E-state index in [-0.39, 0.29) is 24.0 Å². The van der Waals surface area contributed by atoms with Crippen molar-refractivity contribution in [2.24, 2.45) is 0 Å². The quantitative estimate of drug-likeness (QED) is 0.456. The van der Waals surface area contributed by atoms with Crippen LogP contribution in [0.3, 0.4) is 0 Å². The molecule has 0 saturated heterocycles. The van der Waals surface area contributed by atoms with Crippen molar-refractivity contribution in [1.29, 1.82) is 5.26 Å². The highest BCUT2D eigenvalue weighted by Gasteiger charge is 2.28. The van der Waals surface area contributed by atoms with Gasteiger partial charge in [0.25, 0.3) is 5.82 Å². The average molecular weight is 418 g/mol. The van der Waals surface area contributed by atoms with E-state index >= 15 is 0 Å².